The van der Waals surface area contributed by atoms with Gasteiger partial charge in [-0.15, -0.1) is 11.8 Å². The largest absolute Gasteiger partial charge is 0.481 e. The first-order valence-electron chi connectivity index (χ1n) is 8.58. The van der Waals surface area contributed by atoms with Gasteiger partial charge in [0.05, 0.1) is 22.3 Å². The summed E-state index contributed by atoms with van der Waals surface area (Å²) in [5.74, 6) is -1.09. The predicted molar refractivity (Wildman–Crippen MR) is 110 cm³/mol. The molecule has 2 N–H and O–H groups in total. The number of benzene rings is 2. The zero-order valence-electron chi connectivity index (χ0n) is 15.7. The molecule has 9 heteroatoms. The van der Waals surface area contributed by atoms with Crippen molar-refractivity contribution in [1.29, 1.82) is 0 Å². The second-order valence-electron chi connectivity index (χ2n) is 6.50. The van der Waals surface area contributed by atoms with Gasteiger partial charge in [0.1, 0.15) is 11.0 Å². The van der Waals surface area contributed by atoms with Gasteiger partial charge in [-0.3, -0.25) is 14.9 Å². The van der Waals surface area contributed by atoms with E-state index >= 15 is 0 Å². The maximum absolute atomic E-state index is 12.7. The molecule has 0 amide bonds. The zero-order valence-corrected chi connectivity index (χ0v) is 17.4. The van der Waals surface area contributed by atoms with Gasteiger partial charge in [0.25, 0.3) is 5.69 Å². The van der Waals surface area contributed by atoms with Gasteiger partial charge >= 0.3 is 5.97 Å². The van der Waals surface area contributed by atoms with Crippen molar-refractivity contribution in [3.8, 4) is 0 Å². The van der Waals surface area contributed by atoms with Gasteiger partial charge < -0.3 is 5.11 Å². The molecule has 2 aromatic carbocycles. The number of aryl methyl sites for hydroxylation is 1. The molecule has 0 saturated carbocycles. The molecular weight excluding hydrogens is 400 g/mol. The Bertz CT molecular complexity index is 884. The third kappa shape index (κ3) is 6.15. The van der Waals surface area contributed by atoms with Crippen LogP contribution in [0.5, 0.6) is 0 Å². The number of carboxylic acid groups (broad SMARTS) is 1. The van der Waals surface area contributed by atoms with E-state index in [1.165, 1.54) is 23.9 Å². The smallest absolute Gasteiger partial charge is 0.305 e. The molecule has 150 valence electrons. The summed E-state index contributed by atoms with van der Waals surface area (Å²) >= 11 is 1.47. The first kappa shape index (κ1) is 22.1. The molecule has 0 aliphatic rings. The number of carbonyl (C=O) groups is 1. The van der Waals surface area contributed by atoms with Crippen LogP contribution in [0.3, 0.4) is 0 Å². The zero-order chi connectivity index (χ0) is 20.8. The maximum Gasteiger partial charge on any atom is 0.305 e. The van der Waals surface area contributed by atoms with Crippen molar-refractivity contribution in [2.24, 2.45) is 0 Å². The van der Waals surface area contributed by atoms with Crippen LogP contribution in [0, 0.1) is 17.0 Å². The standard InChI is InChI=1S/C19H22N2O5S2/c1-12(2)27-18-9-6-14(21(24)25)10-16(18)17(11-19(22)23)20-28(26)15-7-4-13(3)5-8-15/h4-10,12,17,20H,11H2,1-3H3,(H,22,23)/t17?,28-/m0/s1. The third-order valence-electron chi connectivity index (χ3n) is 3.81. The summed E-state index contributed by atoms with van der Waals surface area (Å²) < 4.78 is 15.6. The van der Waals surface area contributed by atoms with Crippen LogP contribution in [0.4, 0.5) is 5.69 Å². The minimum absolute atomic E-state index is 0.138. The molecule has 0 aromatic heterocycles. The molecule has 2 atom stereocenters. The summed E-state index contributed by atoms with van der Waals surface area (Å²) in [6.07, 6.45) is -0.357. The first-order chi connectivity index (χ1) is 13.2. The van der Waals surface area contributed by atoms with Crippen LogP contribution in [0.25, 0.3) is 0 Å². The van der Waals surface area contributed by atoms with Crippen LogP contribution in [0.2, 0.25) is 0 Å². The number of non-ortho nitro benzene ring substituents is 1. The molecule has 7 nitrogen and oxygen atoms in total. The Hall–Kier alpha value is -2.23. The van der Waals surface area contributed by atoms with Gasteiger partial charge in [-0.2, -0.15) is 0 Å². The summed E-state index contributed by atoms with van der Waals surface area (Å²) in [6.45, 7) is 5.85. The number of aliphatic carboxylic acids is 1. The quantitative estimate of drug-likeness (QED) is 0.355. The molecule has 2 rings (SSSR count). The molecule has 0 saturated heterocycles. The lowest BCUT2D eigenvalue weighted by atomic mass is 10.0. The Morgan fingerprint density at radius 2 is 1.89 bits per heavy atom. The third-order valence-corrected chi connectivity index (χ3v) is 6.10. The van der Waals surface area contributed by atoms with Crippen molar-refractivity contribution >= 4 is 34.4 Å². The van der Waals surface area contributed by atoms with E-state index < -0.39 is 27.9 Å². The van der Waals surface area contributed by atoms with Crippen molar-refractivity contribution in [3.63, 3.8) is 0 Å². The van der Waals surface area contributed by atoms with Crippen LogP contribution < -0.4 is 4.72 Å². The number of nitrogens with zero attached hydrogens (tertiary/aromatic N) is 1. The predicted octanol–water partition coefficient (Wildman–Crippen LogP) is 4.23. The highest BCUT2D eigenvalue weighted by atomic mass is 32.2. The van der Waals surface area contributed by atoms with E-state index in [2.05, 4.69) is 4.72 Å². The van der Waals surface area contributed by atoms with Gasteiger partial charge in [-0.05, 0) is 30.7 Å². The molecule has 0 heterocycles. The van der Waals surface area contributed by atoms with Crippen molar-refractivity contribution in [3.05, 3.63) is 63.7 Å². The summed E-state index contributed by atoms with van der Waals surface area (Å²) in [5, 5.41) is 20.7. The Balaban J connectivity index is 2.43. The number of hydrogen-bond acceptors (Lipinski definition) is 5. The lowest BCUT2D eigenvalue weighted by Crippen LogP contribution is -2.26. The first-order valence-corrected chi connectivity index (χ1v) is 10.6. The van der Waals surface area contributed by atoms with E-state index in [1.54, 1.807) is 18.2 Å². The second-order valence-corrected chi connectivity index (χ2v) is 9.36. The molecule has 0 radical (unpaired) electrons. The summed E-state index contributed by atoms with van der Waals surface area (Å²) in [5.41, 5.74) is 1.33. The molecule has 0 aliphatic heterocycles. The lowest BCUT2D eigenvalue weighted by molar-refractivity contribution is -0.385. The molecule has 0 bridgehead atoms. The van der Waals surface area contributed by atoms with Crippen molar-refractivity contribution in [1.82, 2.24) is 4.72 Å². The normalized spacial score (nSPS) is 13.3. The van der Waals surface area contributed by atoms with Crippen LogP contribution in [-0.2, 0) is 15.8 Å². The van der Waals surface area contributed by atoms with Gasteiger partial charge in [-0.1, -0.05) is 31.5 Å². The van der Waals surface area contributed by atoms with E-state index in [-0.39, 0.29) is 17.4 Å². The molecule has 0 fully saturated rings. The Kier molecular flexibility index (Phi) is 7.73. The highest BCUT2D eigenvalue weighted by Gasteiger charge is 2.24. The average molecular weight is 423 g/mol. The van der Waals surface area contributed by atoms with E-state index in [9.17, 15) is 24.2 Å². The highest BCUT2D eigenvalue weighted by molar-refractivity contribution is 8.00. The number of thioether (sulfide) groups is 1. The Labute approximate surface area is 170 Å². The van der Waals surface area contributed by atoms with Gasteiger partial charge in [0, 0.05) is 22.3 Å². The average Bonchev–Trinajstić information content (AvgIpc) is 2.61. The number of rotatable bonds is 9. The van der Waals surface area contributed by atoms with Gasteiger partial charge in [0.2, 0.25) is 0 Å². The number of carboxylic acids is 1. The number of nitro groups is 1. The van der Waals surface area contributed by atoms with Gasteiger partial charge in [0.15, 0.2) is 0 Å². The molecule has 1 unspecified atom stereocenters. The fraction of sp³-hybridized carbons (Fsp3) is 0.316. The Morgan fingerprint density at radius 3 is 2.43 bits per heavy atom. The Morgan fingerprint density at radius 1 is 1.25 bits per heavy atom. The minimum atomic E-state index is -1.67. The van der Waals surface area contributed by atoms with Crippen molar-refractivity contribution < 1.29 is 19.0 Å². The topological polar surface area (TPSA) is 110 Å². The van der Waals surface area contributed by atoms with Crippen LogP contribution in [0.15, 0.2) is 52.3 Å². The molecule has 0 aliphatic carbocycles. The molecule has 28 heavy (non-hydrogen) atoms. The second kappa shape index (κ2) is 9.81. The summed E-state index contributed by atoms with van der Waals surface area (Å²) in [7, 11) is -1.67. The van der Waals surface area contributed by atoms with E-state index in [1.807, 2.05) is 32.9 Å². The van der Waals surface area contributed by atoms with Crippen molar-refractivity contribution in [2.75, 3.05) is 0 Å². The van der Waals surface area contributed by atoms with Crippen molar-refractivity contribution in [2.45, 2.75) is 48.3 Å². The minimum Gasteiger partial charge on any atom is -0.481 e. The molecular formula is C19H22N2O5S2. The molecule has 2 aromatic rings. The monoisotopic (exact) mass is 422 g/mol. The van der Waals surface area contributed by atoms with Crippen LogP contribution in [0.1, 0.15) is 37.4 Å². The summed E-state index contributed by atoms with van der Waals surface area (Å²) in [4.78, 5) is 23.3. The fourth-order valence-electron chi connectivity index (χ4n) is 2.53. The number of hydrogen-bond donors (Lipinski definition) is 2. The van der Waals surface area contributed by atoms with Crippen LogP contribution in [-0.4, -0.2) is 25.5 Å². The number of nitrogens with one attached hydrogen (secondary N) is 1. The summed E-state index contributed by atoms with van der Waals surface area (Å²) in [6, 6.07) is 10.6. The lowest BCUT2D eigenvalue weighted by Gasteiger charge is -2.20. The number of nitro benzene ring substituents is 1. The molecule has 0 spiro atoms. The maximum atomic E-state index is 12.7. The van der Waals surface area contributed by atoms with E-state index in [4.69, 9.17) is 0 Å². The fourth-order valence-corrected chi connectivity index (χ4v) is 4.51. The van der Waals surface area contributed by atoms with E-state index in [0.29, 0.717) is 10.5 Å². The van der Waals surface area contributed by atoms with Crippen LogP contribution >= 0.6 is 11.8 Å². The van der Waals surface area contributed by atoms with Gasteiger partial charge in [-0.25, -0.2) is 8.93 Å². The SMILES string of the molecule is Cc1ccc([S@](=O)NC(CC(=O)O)c2cc([N+](=O)[O-])ccc2SC(C)C)cc1. The highest BCUT2D eigenvalue weighted by Crippen LogP contribution is 2.35. The van der Waals surface area contributed by atoms with E-state index in [0.717, 1.165) is 10.5 Å².